The Kier molecular flexibility index (Phi) is 6.55. The fraction of sp³-hybridized carbons (Fsp3) is 0.238. The molecular formula is C21H20ClNO5. The number of rotatable bonds is 7. The van der Waals surface area contributed by atoms with Gasteiger partial charge in [0.25, 0.3) is 5.91 Å². The van der Waals surface area contributed by atoms with Crippen LogP contribution in [0.2, 0.25) is 5.02 Å². The van der Waals surface area contributed by atoms with Gasteiger partial charge in [-0.15, -0.1) is 0 Å². The number of esters is 1. The summed E-state index contributed by atoms with van der Waals surface area (Å²) in [6.07, 6.45) is 3.48. The number of benzene rings is 2. The molecule has 6 nitrogen and oxygen atoms in total. The largest absolute Gasteiger partial charge is 0.454 e. The number of aryl methyl sites for hydroxylation is 1. The molecule has 1 heterocycles. The average molecular weight is 402 g/mol. The van der Waals surface area contributed by atoms with Crippen molar-refractivity contribution < 1.29 is 23.8 Å². The van der Waals surface area contributed by atoms with Crippen LogP contribution >= 0.6 is 11.6 Å². The molecule has 0 saturated heterocycles. The first-order valence-electron chi connectivity index (χ1n) is 8.78. The first-order valence-corrected chi connectivity index (χ1v) is 9.16. The second-order valence-electron chi connectivity index (χ2n) is 6.20. The van der Waals surface area contributed by atoms with Gasteiger partial charge >= 0.3 is 5.97 Å². The summed E-state index contributed by atoms with van der Waals surface area (Å²) in [6.45, 7) is 2.29. The molecule has 2 aromatic carbocycles. The second kappa shape index (κ2) is 9.28. The number of nitrogens with one attached hydrogen (secondary N) is 1. The molecule has 0 radical (unpaired) electrons. The Morgan fingerprint density at radius 3 is 2.89 bits per heavy atom. The lowest BCUT2D eigenvalue weighted by molar-refractivity contribution is -0.143. The number of hydrogen-bond acceptors (Lipinski definition) is 5. The molecule has 1 aliphatic rings. The molecule has 1 aliphatic heterocycles. The minimum absolute atomic E-state index is 0.114. The van der Waals surface area contributed by atoms with E-state index in [0.717, 1.165) is 6.42 Å². The quantitative estimate of drug-likeness (QED) is 0.569. The molecule has 28 heavy (non-hydrogen) atoms. The third-order valence-corrected chi connectivity index (χ3v) is 4.47. The number of hydrogen-bond donors (Lipinski definition) is 1. The highest BCUT2D eigenvalue weighted by Gasteiger charge is 2.17. The maximum Gasteiger partial charge on any atom is 0.331 e. The van der Waals surface area contributed by atoms with E-state index in [1.165, 1.54) is 23.3 Å². The summed E-state index contributed by atoms with van der Waals surface area (Å²) >= 11 is 6.09. The van der Waals surface area contributed by atoms with Crippen molar-refractivity contribution in [2.75, 3.05) is 19.9 Å². The fourth-order valence-corrected chi connectivity index (χ4v) is 2.98. The summed E-state index contributed by atoms with van der Waals surface area (Å²) in [5, 5.41) is 3.13. The lowest BCUT2D eigenvalue weighted by atomic mass is 10.1. The van der Waals surface area contributed by atoms with Crippen LogP contribution in [0.15, 0.2) is 42.5 Å². The lowest BCUT2D eigenvalue weighted by Crippen LogP contribution is -2.30. The molecule has 1 N–H and O–H groups in total. The van der Waals surface area contributed by atoms with Crippen LogP contribution in [0.5, 0.6) is 11.5 Å². The number of carbonyl (C=O) groups is 2. The number of amides is 1. The van der Waals surface area contributed by atoms with Gasteiger partial charge in [0.1, 0.15) is 0 Å². The van der Waals surface area contributed by atoms with E-state index in [1.54, 1.807) is 12.1 Å². The van der Waals surface area contributed by atoms with Crippen LogP contribution < -0.4 is 14.8 Å². The first-order chi connectivity index (χ1) is 13.5. The molecule has 3 rings (SSSR count). The van der Waals surface area contributed by atoms with Crippen LogP contribution in [0, 0.1) is 6.92 Å². The Morgan fingerprint density at radius 1 is 1.25 bits per heavy atom. The molecule has 2 aromatic rings. The van der Waals surface area contributed by atoms with E-state index in [1.807, 2.05) is 31.2 Å². The molecule has 0 unspecified atom stereocenters. The maximum atomic E-state index is 11.8. The van der Waals surface area contributed by atoms with Gasteiger partial charge in [0.15, 0.2) is 18.1 Å². The van der Waals surface area contributed by atoms with Crippen LogP contribution in [0.4, 0.5) is 0 Å². The van der Waals surface area contributed by atoms with Gasteiger partial charge in [-0.25, -0.2) is 4.79 Å². The number of ether oxygens (including phenoxy) is 3. The lowest BCUT2D eigenvalue weighted by Gasteiger charge is -2.07. The SMILES string of the molecule is Cc1ccccc1CCNC(=O)COC(=O)/C=C/c1cc(Cl)c2c(c1)OCO2. The Balaban J connectivity index is 1.41. The summed E-state index contributed by atoms with van der Waals surface area (Å²) in [5.74, 6) is 0.0432. The standard InChI is InChI=1S/C21H20ClNO5/c1-14-4-2-3-5-16(14)8-9-23-19(24)12-26-20(25)7-6-15-10-17(22)21-18(11-15)27-13-28-21/h2-7,10-11H,8-9,12-13H2,1H3,(H,23,24)/b7-6+. The van der Waals surface area contributed by atoms with E-state index >= 15 is 0 Å². The smallest absolute Gasteiger partial charge is 0.331 e. The molecule has 0 saturated carbocycles. The van der Waals surface area contributed by atoms with E-state index < -0.39 is 5.97 Å². The van der Waals surface area contributed by atoms with Crippen molar-refractivity contribution in [3.63, 3.8) is 0 Å². The van der Waals surface area contributed by atoms with Gasteiger partial charge in [-0.1, -0.05) is 35.9 Å². The highest BCUT2D eigenvalue weighted by molar-refractivity contribution is 6.32. The van der Waals surface area contributed by atoms with Gasteiger partial charge in [-0.3, -0.25) is 4.79 Å². The van der Waals surface area contributed by atoms with E-state index in [-0.39, 0.29) is 19.3 Å². The number of fused-ring (bicyclic) bond motifs is 1. The predicted octanol–water partition coefficient (Wildman–Crippen LogP) is 3.29. The minimum Gasteiger partial charge on any atom is -0.454 e. The monoisotopic (exact) mass is 401 g/mol. The summed E-state index contributed by atoms with van der Waals surface area (Å²) in [7, 11) is 0. The summed E-state index contributed by atoms with van der Waals surface area (Å²) in [5.41, 5.74) is 3.01. The van der Waals surface area contributed by atoms with Crippen molar-refractivity contribution in [2.45, 2.75) is 13.3 Å². The molecule has 7 heteroatoms. The highest BCUT2D eigenvalue weighted by Crippen LogP contribution is 2.40. The van der Waals surface area contributed by atoms with Gasteiger partial charge in [0, 0.05) is 12.6 Å². The van der Waals surface area contributed by atoms with Gasteiger partial charge in [0.05, 0.1) is 5.02 Å². The molecule has 0 aromatic heterocycles. The zero-order valence-corrected chi connectivity index (χ0v) is 16.1. The van der Waals surface area contributed by atoms with Gasteiger partial charge in [0.2, 0.25) is 6.79 Å². The number of carbonyl (C=O) groups excluding carboxylic acids is 2. The second-order valence-corrected chi connectivity index (χ2v) is 6.61. The van der Waals surface area contributed by atoms with Gasteiger partial charge < -0.3 is 19.5 Å². The Labute approximate surface area is 168 Å². The van der Waals surface area contributed by atoms with Crippen LogP contribution in [-0.2, 0) is 20.7 Å². The number of halogens is 1. The molecule has 0 aliphatic carbocycles. The topological polar surface area (TPSA) is 73.9 Å². The Bertz CT molecular complexity index is 910. The van der Waals surface area contributed by atoms with Gasteiger partial charge in [-0.2, -0.15) is 0 Å². The summed E-state index contributed by atoms with van der Waals surface area (Å²) < 4.78 is 15.4. The van der Waals surface area contributed by atoms with Crippen LogP contribution in [0.25, 0.3) is 6.08 Å². The fourth-order valence-electron chi connectivity index (χ4n) is 2.71. The highest BCUT2D eigenvalue weighted by atomic mass is 35.5. The van der Waals surface area contributed by atoms with Crippen LogP contribution in [0.1, 0.15) is 16.7 Å². The van der Waals surface area contributed by atoms with Crippen molar-refractivity contribution in [1.29, 1.82) is 0 Å². The summed E-state index contributed by atoms with van der Waals surface area (Å²) in [4.78, 5) is 23.6. The summed E-state index contributed by atoms with van der Waals surface area (Å²) in [6, 6.07) is 11.3. The van der Waals surface area contributed by atoms with Crippen molar-refractivity contribution in [2.24, 2.45) is 0 Å². The first kappa shape index (κ1) is 19.8. The molecule has 0 atom stereocenters. The molecular weight excluding hydrogens is 382 g/mol. The Hall–Kier alpha value is -2.99. The van der Waals surface area contributed by atoms with Crippen LogP contribution in [-0.4, -0.2) is 31.8 Å². The van der Waals surface area contributed by atoms with Crippen molar-refractivity contribution in [3.8, 4) is 11.5 Å². The third kappa shape index (κ3) is 5.27. The molecule has 1 amide bonds. The zero-order chi connectivity index (χ0) is 19.9. The van der Waals surface area contributed by atoms with Crippen LogP contribution in [0.3, 0.4) is 0 Å². The minimum atomic E-state index is -0.622. The Morgan fingerprint density at radius 2 is 2.07 bits per heavy atom. The van der Waals surface area contributed by atoms with E-state index in [2.05, 4.69) is 5.32 Å². The molecule has 0 spiro atoms. The third-order valence-electron chi connectivity index (χ3n) is 4.18. The van der Waals surface area contributed by atoms with Crippen molar-refractivity contribution >= 4 is 29.6 Å². The average Bonchev–Trinajstić information content (AvgIpc) is 3.15. The van der Waals surface area contributed by atoms with Crippen molar-refractivity contribution in [1.82, 2.24) is 5.32 Å². The van der Waals surface area contributed by atoms with Gasteiger partial charge in [-0.05, 0) is 48.2 Å². The normalized spacial score (nSPS) is 12.2. The molecule has 146 valence electrons. The van der Waals surface area contributed by atoms with E-state index in [4.69, 9.17) is 25.8 Å². The predicted molar refractivity (Wildman–Crippen MR) is 105 cm³/mol. The molecule has 0 fully saturated rings. The van der Waals surface area contributed by atoms with E-state index in [0.29, 0.717) is 28.6 Å². The van der Waals surface area contributed by atoms with Crippen molar-refractivity contribution in [3.05, 3.63) is 64.2 Å². The zero-order valence-electron chi connectivity index (χ0n) is 15.4. The van der Waals surface area contributed by atoms with E-state index in [9.17, 15) is 9.59 Å². The molecule has 0 bridgehead atoms. The maximum absolute atomic E-state index is 11.8.